The van der Waals surface area contributed by atoms with Crippen molar-refractivity contribution in [2.75, 3.05) is 26.0 Å². The van der Waals surface area contributed by atoms with Crippen LogP contribution in [-0.4, -0.2) is 89.0 Å². The largest absolute Gasteiger partial charge is 0.467 e. The van der Waals surface area contributed by atoms with E-state index in [1.165, 1.54) is 0 Å². The highest BCUT2D eigenvalue weighted by molar-refractivity contribution is 7.80. The van der Waals surface area contributed by atoms with Crippen molar-refractivity contribution in [2.24, 2.45) is 0 Å². The second-order valence-corrected chi connectivity index (χ2v) is 10.1. The molecule has 0 spiro atoms. The fraction of sp³-hybridized carbons (Fsp3) is 0.429. The molecule has 0 unspecified atom stereocenters. The molecule has 0 saturated carbocycles. The molecule has 1 saturated heterocycles. The van der Waals surface area contributed by atoms with Crippen molar-refractivity contribution in [2.45, 2.75) is 49.4 Å². The number of rotatable bonds is 10. The third-order valence-corrected chi connectivity index (χ3v) is 7.77. The summed E-state index contributed by atoms with van der Waals surface area (Å²) in [5.74, 6) is -2.69. The first kappa shape index (κ1) is 28.6. The normalized spacial score (nSPS) is 18.5. The molecular weight excluding hydrogens is 522 g/mol. The molecule has 11 heteroatoms. The maximum atomic E-state index is 13.5. The van der Waals surface area contributed by atoms with Gasteiger partial charge in [0, 0.05) is 24.6 Å². The van der Waals surface area contributed by atoms with Crippen LogP contribution in [0.4, 0.5) is 0 Å². The van der Waals surface area contributed by atoms with Crippen LogP contribution in [-0.2, 0) is 23.9 Å². The smallest absolute Gasteiger partial charge is 0.330 e. The molecule has 2 aromatic carbocycles. The quantitative estimate of drug-likeness (QED) is 0.213. The van der Waals surface area contributed by atoms with Crippen molar-refractivity contribution in [3.8, 4) is 11.1 Å². The van der Waals surface area contributed by atoms with Gasteiger partial charge in [-0.25, -0.2) is 4.79 Å². The van der Waals surface area contributed by atoms with Gasteiger partial charge < -0.3 is 30.5 Å². The number of aliphatic hydroxyl groups is 2. The predicted molar refractivity (Wildman–Crippen MR) is 146 cm³/mol. The van der Waals surface area contributed by atoms with Crippen molar-refractivity contribution in [1.29, 1.82) is 0 Å². The molecular formula is C28H33N3O7S. The Morgan fingerprint density at radius 2 is 1.67 bits per heavy atom. The molecule has 0 aromatic heterocycles. The minimum atomic E-state index is -1.75. The number of fused-ring (bicyclic) bond motifs is 3. The number of nitrogens with one attached hydrogen (secondary N) is 2. The second-order valence-electron chi connectivity index (χ2n) is 9.69. The zero-order chi connectivity index (χ0) is 28.1. The Bertz CT molecular complexity index is 1190. The van der Waals surface area contributed by atoms with Crippen molar-refractivity contribution in [3.05, 3.63) is 59.7 Å². The summed E-state index contributed by atoms with van der Waals surface area (Å²) >= 11 is 4.16. The Balaban J connectivity index is 1.42. The van der Waals surface area contributed by atoms with Crippen LogP contribution < -0.4 is 10.6 Å². The number of amides is 3. The average molecular weight is 556 g/mol. The number of benzene rings is 2. The monoisotopic (exact) mass is 555 g/mol. The van der Waals surface area contributed by atoms with Crippen LogP contribution in [0, 0.1) is 0 Å². The molecule has 1 aliphatic carbocycles. The van der Waals surface area contributed by atoms with Crippen molar-refractivity contribution in [3.63, 3.8) is 0 Å². The Labute approximate surface area is 232 Å². The van der Waals surface area contributed by atoms with Crippen molar-refractivity contribution in [1.82, 2.24) is 15.5 Å². The number of esters is 1. The summed E-state index contributed by atoms with van der Waals surface area (Å²) < 4.78 is 4.51. The van der Waals surface area contributed by atoms with Crippen LogP contribution in [0.2, 0.25) is 0 Å². The van der Waals surface area contributed by atoms with Crippen LogP contribution in [0.25, 0.3) is 11.1 Å². The minimum absolute atomic E-state index is 0.0847. The summed E-state index contributed by atoms with van der Waals surface area (Å²) in [6.07, 6.45) is -0.434. The molecule has 4 atom stereocenters. The average Bonchev–Trinajstić information content (AvgIpc) is 3.58. The fourth-order valence-corrected chi connectivity index (χ4v) is 5.66. The molecule has 4 rings (SSSR count). The van der Waals surface area contributed by atoms with Gasteiger partial charge in [0.05, 0.1) is 19.8 Å². The van der Waals surface area contributed by atoms with E-state index in [0.717, 1.165) is 29.4 Å². The lowest BCUT2D eigenvalue weighted by molar-refractivity contribution is -0.148. The molecule has 2 aromatic rings. The summed E-state index contributed by atoms with van der Waals surface area (Å²) in [6.45, 7) is -0.295. The van der Waals surface area contributed by atoms with Crippen LogP contribution in [0.3, 0.4) is 0 Å². The van der Waals surface area contributed by atoms with E-state index in [1.807, 2.05) is 36.4 Å². The molecule has 1 aliphatic heterocycles. The number of hydrogen-bond donors (Lipinski definition) is 5. The molecule has 3 amide bonds. The lowest BCUT2D eigenvalue weighted by Gasteiger charge is -2.29. The van der Waals surface area contributed by atoms with E-state index in [4.69, 9.17) is 0 Å². The number of methoxy groups -OCH3 is 1. The van der Waals surface area contributed by atoms with E-state index in [9.17, 15) is 29.4 Å². The van der Waals surface area contributed by atoms with Crippen LogP contribution in [0.5, 0.6) is 0 Å². The number of carbonyl (C=O) groups excluding carboxylic acids is 4. The van der Waals surface area contributed by atoms with Gasteiger partial charge in [-0.15, -0.1) is 0 Å². The number of likely N-dealkylation sites (tertiary alicyclic amines) is 1. The first-order valence-electron chi connectivity index (χ1n) is 12.9. The topological polar surface area (TPSA) is 145 Å². The first-order valence-corrected chi connectivity index (χ1v) is 13.5. The second kappa shape index (κ2) is 12.6. The van der Waals surface area contributed by atoms with Crippen LogP contribution >= 0.6 is 12.6 Å². The van der Waals surface area contributed by atoms with Gasteiger partial charge in [0.25, 0.3) is 5.91 Å². The highest BCUT2D eigenvalue weighted by atomic mass is 32.1. The standard InChI is InChI=1S/C28H33N3O7S/c1-38-28(37)21(14-32)29-27(36)25(34)22(15-39)30-26(35)23-11-6-12-31(23)24(33)13-20-18-9-4-2-7-16(18)17-8-3-5-10-19(17)20/h2-5,7-10,20-23,25,32,34,39H,6,11-15H2,1H3,(H,29,36)(H,30,35)/t21-,22-,23-,25+/m0/s1. The Kier molecular flexibility index (Phi) is 9.26. The van der Waals surface area contributed by atoms with E-state index < -0.39 is 48.6 Å². The van der Waals surface area contributed by atoms with Crippen LogP contribution in [0.15, 0.2) is 48.5 Å². The number of hydrogen-bond acceptors (Lipinski definition) is 8. The molecule has 4 N–H and O–H groups in total. The van der Waals surface area contributed by atoms with E-state index >= 15 is 0 Å². The van der Waals surface area contributed by atoms with E-state index in [1.54, 1.807) is 4.90 Å². The first-order chi connectivity index (χ1) is 18.8. The van der Waals surface area contributed by atoms with E-state index in [0.29, 0.717) is 19.4 Å². The van der Waals surface area contributed by atoms with Gasteiger partial charge in [-0.3, -0.25) is 14.4 Å². The third kappa shape index (κ3) is 5.95. The van der Waals surface area contributed by atoms with E-state index in [-0.39, 0.29) is 24.0 Å². The summed E-state index contributed by atoms with van der Waals surface area (Å²) in [5.41, 5.74) is 4.40. The minimum Gasteiger partial charge on any atom is -0.467 e. The predicted octanol–water partition coefficient (Wildman–Crippen LogP) is 0.606. The summed E-state index contributed by atoms with van der Waals surface area (Å²) in [6, 6.07) is 12.9. The molecule has 1 fully saturated rings. The molecule has 0 bridgehead atoms. The molecule has 10 nitrogen and oxygen atoms in total. The summed E-state index contributed by atoms with van der Waals surface area (Å²) in [7, 11) is 1.10. The lowest BCUT2D eigenvalue weighted by Crippen LogP contribution is -2.57. The maximum absolute atomic E-state index is 13.5. The lowest BCUT2D eigenvalue weighted by atomic mass is 9.93. The molecule has 0 radical (unpaired) electrons. The SMILES string of the molecule is COC(=O)[C@H](CO)NC(=O)[C@H](O)[C@H](CS)NC(=O)[C@@H]1CCCN1C(=O)CC1c2ccccc2-c2ccccc21. The van der Waals surface area contributed by atoms with Gasteiger partial charge in [-0.1, -0.05) is 48.5 Å². The zero-order valence-electron chi connectivity index (χ0n) is 21.6. The Morgan fingerprint density at radius 3 is 2.23 bits per heavy atom. The van der Waals surface area contributed by atoms with Crippen LogP contribution in [0.1, 0.15) is 36.3 Å². The van der Waals surface area contributed by atoms with Crippen molar-refractivity contribution >= 4 is 36.3 Å². The fourth-order valence-electron chi connectivity index (χ4n) is 5.37. The highest BCUT2D eigenvalue weighted by Crippen LogP contribution is 2.46. The Morgan fingerprint density at radius 1 is 1.05 bits per heavy atom. The molecule has 208 valence electrons. The molecule has 2 aliphatic rings. The number of thiol groups is 1. The number of ether oxygens (including phenoxy) is 1. The summed E-state index contributed by atoms with van der Waals surface area (Å²) in [5, 5.41) is 24.7. The maximum Gasteiger partial charge on any atom is 0.330 e. The Hall–Kier alpha value is -3.41. The zero-order valence-corrected chi connectivity index (χ0v) is 22.5. The summed E-state index contributed by atoms with van der Waals surface area (Å²) in [4.78, 5) is 52.5. The van der Waals surface area contributed by atoms with Gasteiger partial charge in [0.2, 0.25) is 11.8 Å². The molecule has 1 heterocycles. The van der Waals surface area contributed by atoms with Gasteiger partial charge >= 0.3 is 5.97 Å². The number of nitrogens with zero attached hydrogens (tertiary/aromatic N) is 1. The number of aliphatic hydroxyl groups excluding tert-OH is 2. The van der Waals surface area contributed by atoms with Gasteiger partial charge in [0.15, 0.2) is 12.1 Å². The number of carbonyl (C=O) groups is 4. The molecule has 39 heavy (non-hydrogen) atoms. The van der Waals surface area contributed by atoms with Gasteiger partial charge in [0.1, 0.15) is 6.04 Å². The van der Waals surface area contributed by atoms with Crippen molar-refractivity contribution < 1.29 is 34.1 Å². The highest BCUT2D eigenvalue weighted by Gasteiger charge is 2.39. The van der Waals surface area contributed by atoms with E-state index in [2.05, 4.69) is 40.1 Å². The van der Waals surface area contributed by atoms with Gasteiger partial charge in [-0.05, 0) is 35.1 Å². The third-order valence-electron chi connectivity index (χ3n) is 7.38. The van der Waals surface area contributed by atoms with Gasteiger partial charge in [-0.2, -0.15) is 12.6 Å².